The summed E-state index contributed by atoms with van der Waals surface area (Å²) in [6.07, 6.45) is 9.19. The number of hydrogen-bond acceptors (Lipinski definition) is 0. The van der Waals surface area contributed by atoms with Crippen molar-refractivity contribution in [2.75, 3.05) is 0 Å². The van der Waals surface area contributed by atoms with Crippen LogP contribution in [0.3, 0.4) is 0 Å². The predicted molar refractivity (Wildman–Crippen MR) is 162 cm³/mol. The van der Waals surface area contributed by atoms with E-state index in [9.17, 15) is 0 Å². The largest absolute Gasteiger partial charge is 0.0625 e. The maximum Gasteiger partial charge on any atom is 0.0311 e. The molecule has 0 amide bonds. The molecule has 5 aromatic rings. The van der Waals surface area contributed by atoms with Crippen LogP contribution in [-0.2, 0) is 6.42 Å². The molecule has 8 rings (SSSR count). The lowest BCUT2D eigenvalue weighted by molar-refractivity contribution is 0.625. The Balaban J connectivity index is 1.34. The van der Waals surface area contributed by atoms with Crippen LogP contribution in [-0.4, -0.2) is 0 Å². The normalized spacial score (nSPS) is 16.2. The van der Waals surface area contributed by atoms with Gasteiger partial charge in [0.2, 0.25) is 0 Å². The van der Waals surface area contributed by atoms with Crippen LogP contribution in [0.25, 0.3) is 51.3 Å². The highest BCUT2D eigenvalue weighted by molar-refractivity contribution is 6.11. The van der Waals surface area contributed by atoms with E-state index in [1.165, 1.54) is 72.0 Å². The molecule has 3 aliphatic rings. The Labute approximate surface area is 225 Å². The summed E-state index contributed by atoms with van der Waals surface area (Å²) in [4.78, 5) is 0. The molecule has 0 saturated heterocycles. The molecule has 38 heavy (non-hydrogen) atoms. The van der Waals surface area contributed by atoms with Crippen molar-refractivity contribution >= 4 is 29.0 Å². The van der Waals surface area contributed by atoms with E-state index >= 15 is 0 Å². The summed E-state index contributed by atoms with van der Waals surface area (Å²) in [5.74, 6) is 0.924. The predicted octanol–water partition coefficient (Wildman–Crippen LogP) is 10.1. The second kappa shape index (κ2) is 8.17. The molecule has 0 heterocycles. The van der Waals surface area contributed by atoms with Gasteiger partial charge in [-0.3, -0.25) is 0 Å². The minimum absolute atomic E-state index is 0.315. The van der Waals surface area contributed by atoms with Crippen LogP contribution in [0, 0.1) is 5.92 Å². The fourth-order valence-corrected chi connectivity index (χ4v) is 7.32. The third kappa shape index (κ3) is 3.10. The molecular weight excluding hydrogens is 456 g/mol. The van der Waals surface area contributed by atoms with Gasteiger partial charge < -0.3 is 0 Å². The van der Waals surface area contributed by atoms with Gasteiger partial charge in [0, 0.05) is 5.92 Å². The molecule has 0 spiro atoms. The summed E-state index contributed by atoms with van der Waals surface area (Å²) in [7, 11) is 0. The second-order valence-electron chi connectivity index (χ2n) is 11.6. The van der Waals surface area contributed by atoms with Crippen molar-refractivity contribution in [3.63, 3.8) is 0 Å². The number of allylic oxidation sites excluding steroid dienone is 1. The molecule has 182 valence electrons. The molecular formula is C38H30. The minimum atomic E-state index is 0.315. The smallest absolute Gasteiger partial charge is 0.0311 e. The zero-order valence-electron chi connectivity index (χ0n) is 22.0. The van der Waals surface area contributed by atoms with Gasteiger partial charge in [-0.25, -0.2) is 0 Å². The van der Waals surface area contributed by atoms with E-state index in [2.05, 4.69) is 123 Å². The van der Waals surface area contributed by atoms with Crippen molar-refractivity contribution in [2.24, 2.45) is 5.92 Å². The highest BCUT2D eigenvalue weighted by Gasteiger charge is 2.33. The van der Waals surface area contributed by atoms with Crippen LogP contribution < -0.4 is 0 Å². The van der Waals surface area contributed by atoms with E-state index in [-0.39, 0.29) is 0 Å². The van der Waals surface area contributed by atoms with Gasteiger partial charge in [0.15, 0.2) is 0 Å². The summed E-state index contributed by atoms with van der Waals surface area (Å²) in [6, 6.07) is 34.3. The van der Waals surface area contributed by atoms with Crippen molar-refractivity contribution < 1.29 is 0 Å². The summed E-state index contributed by atoms with van der Waals surface area (Å²) in [6.45, 7) is 4.70. The molecule has 0 radical (unpaired) electrons. The van der Waals surface area contributed by atoms with Gasteiger partial charge in [-0.05, 0) is 90.7 Å². The molecule has 0 fully saturated rings. The Bertz CT molecular complexity index is 1830. The molecule has 3 aliphatic carbocycles. The van der Waals surface area contributed by atoms with Gasteiger partial charge >= 0.3 is 0 Å². The molecule has 0 aliphatic heterocycles. The van der Waals surface area contributed by atoms with E-state index in [4.69, 9.17) is 0 Å². The van der Waals surface area contributed by atoms with Crippen molar-refractivity contribution in [3.8, 4) is 22.3 Å². The van der Waals surface area contributed by atoms with Crippen LogP contribution in [0.1, 0.15) is 65.1 Å². The third-order valence-corrected chi connectivity index (χ3v) is 8.83. The number of benzene rings is 5. The molecule has 0 aromatic heterocycles. The topological polar surface area (TPSA) is 0 Å². The summed E-state index contributed by atoms with van der Waals surface area (Å²) >= 11 is 0. The van der Waals surface area contributed by atoms with Crippen LogP contribution in [0.15, 0.2) is 96.6 Å². The third-order valence-electron chi connectivity index (χ3n) is 8.83. The molecule has 0 N–H and O–H groups in total. The molecule has 0 nitrogen and oxygen atoms in total. The zero-order chi connectivity index (χ0) is 25.4. The Hall–Kier alpha value is -4.16. The van der Waals surface area contributed by atoms with Gasteiger partial charge in [0.25, 0.3) is 0 Å². The molecule has 0 heteroatoms. The summed E-state index contributed by atoms with van der Waals surface area (Å²) < 4.78 is 0. The monoisotopic (exact) mass is 486 g/mol. The average molecular weight is 487 g/mol. The van der Waals surface area contributed by atoms with E-state index in [0.29, 0.717) is 11.8 Å². The van der Waals surface area contributed by atoms with Crippen molar-refractivity contribution in [1.82, 2.24) is 0 Å². The van der Waals surface area contributed by atoms with Crippen LogP contribution in [0.4, 0.5) is 0 Å². The number of fused-ring (bicyclic) bond motifs is 4. The van der Waals surface area contributed by atoms with E-state index in [1.54, 1.807) is 5.57 Å². The Kier molecular flexibility index (Phi) is 4.70. The first kappa shape index (κ1) is 21.9. The van der Waals surface area contributed by atoms with E-state index < -0.39 is 0 Å². The first-order chi connectivity index (χ1) is 18.7. The molecule has 5 aromatic carbocycles. The highest BCUT2D eigenvalue weighted by Crippen LogP contribution is 2.51. The molecule has 1 atom stereocenters. The second-order valence-corrected chi connectivity index (χ2v) is 11.6. The van der Waals surface area contributed by atoms with Gasteiger partial charge in [0.05, 0.1) is 0 Å². The molecule has 0 bridgehead atoms. The lowest BCUT2D eigenvalue weighted by Crippen LogP contribution is -2.07. The SMILES string of the molecule is CC(C)CC1=Cc2c(-c3ccc4c5c(cccc35)C=C4)cccc2C1c1cccc2c1Cc1ccccc1-2. The molecule has 0 saturated carbocycles. The first-order valence-electron chi connectivity index (χ1n) is 13.9. The lowest BCUT2D eigenvalue weighted by atomic mass is 9.81. The molecule has 1 unspecified atom stereocenters. The van der Waals surface area contributed by atoms with E-state index in [1.807, 2.05) is 0 Å². The fourth-order valence-electron chi connectivity index (χ4n) is 7.32. The summed E-state index contributed by atoms with van der Waals surface area (Å²) in [5, 5.41) is 2.75. The van der Waals surface area contributed by atoms with Gasteiger partial charge in [-0.1, -0.05) is 129 Å². The fraction of sp³-hybridized carbons (Fsp3) is 0.158. The number of hydrogen-bond donors (Lipinski definition) is 0. The Morgan fingerprint density at radius 2 is 1.39 bits per heavy atom. The summed E-state index contributed by atoms with van der Waals surface area (Å²) in [5.41, 5.74) is 17.1. The zero-order valence-corrected chi connectivity index (χ0v) is 22.0. The van der Waals surface area contributed by atoms with Crippen molar-refractivity contribution in [1.29, 1.82) is 0 Å². The lowest BCUT2D eigenvalue weighted by Gasteiger charge is -2.22. The van der Waals surface area contributed by atoms with Crippen molar-refractivity contribution in [3.05, 3.63) is 136 Å². The first-order valence-corrected chi connectivity index (χ1v) is 13.9. The van der Waals surface area contributed by atoms with Crippen LogP contribution in [0.2, 0.25) is 0 Å². The minimum Gasteiger partial charge on any atom is -0.0625 e. The van der Waals surface area contributed by atoms with E-state index in [0.717, 1.165) is 12.8 Å². The maximum absolute atomic E-state index is 2.54. The van der Waals surface area contributed by atoms with Gasteiger partial charge in [-0.15, -0.1) is 0 Å². The van der Waals surface area contributed by atoms with Gasteiger partial charge in [0.1, 0.15) is 0 Å². The average Bonchev–Trinajstić information content (AvgIpc) is 3.63. The number of rotatable bonds is 4. The standard InChI is InChI=1S/C38H30/c1-23(2)20-27-22-36-30(31-19-18-25-17-16-24-9-5-13-32(31)37(24)25)12-7-15-34(36)38(27)33-14-6-11-29-28-10-4-3-8-26(28)21-35(29)33/h3-19,22-23,38H,20-21H2,1-2H3. The van der Waals surface area contributed by atoms with Crippen molar-refractivity contribution in [2.45, 2.75) is 32.6 Å². The van der Waals surface area contributed by atoms with Gasteiger partial charge in [-0.2, -0.15) is 0 Å². The Morgan fingerprint density at radius 1 is 0.658 bits per heavy atom. The Morgan fingerprint density at radius 3 is 2.26 bits per heavy atom. The maximum atomic E-state index is 2.54. The van der Waals surface area contributed by atoms with Crippen LogP contribution in [0.5, 0.6) is 0 Å². The van der Waals surface area contributed by atoms with Crippen LogP contribution >= 0.6 is 0 Å². The quantitative estimate of drug-likeness (QED) is 0.232. The highest BCUT2D eigenvalue weighted by atomic mass is 14.4.